The van der Waals surface area contributed by atoms with Crippen molar-refractivity contribution in [2.75, 3.05) is 13.1 Å². The van der Waals surface area contributed by atoms with Crippen LogP contribution in [0.1, 0.15) is 52.9 Å². The van der Waals surface area contributed by atoms with E-state index in [4.69, 9.17) is 0 Å². The zero-order valence-electron chi connectivity index (χ0n) is 11.1. The molecule has 2 fully saturated rings. The summed E-state index contributed by atoms with van der Waals surface area (Å²) in [4.78, 5) is 2.65. The number of nitrogens with zero attached hydrogens (tertiary/aromatic N) is 1. The van der Waals surface area contributed by atoms with Crippen LogP contribution in [0.25, 0.3) is 0 Å². The second-order valence-electron chi connectivity index (χ2n) is 6.67. The molecule has 0 aromatic carbocycles. The molecule has 2 aliphatic rings. The van der Waals surface area contributed by atoms with Gasteiger partial charge in [0.05, 0.1) is 6.10 Å². The fourth-order valence-corrected chi connectivity index (χ4v) is 3.55. The lowest BCUT2D eigenvalue weighted by molar-refractivity contribution is -0.0257. The molecule has 1 saturated heterocycles. The van der Waals surface area contributed by atoms with Gasteiger partial charge in [-0.05, 0) is 50.0 Å². The number of piperidine rings is 1. The summed E-state index contributed by atoms with van der Waals surface area (Å²) in [5.74, 6) is 0.837. The summed E-state index contributed by atoms with van der Waals surface area (Å²) < 4.78 is 0. The molecule has 2 heteroatoms. The minimum absolute atomic E-state index is 0.0599. The number of hydrogen-bond donors (Lipinski definition) is 1. The van der Waals surface area contributed by atoms with Crippen LogP contribution in [0.5, 0.6) is 0 Å². The highest BCUT2D eigenvalue weighted by Gasteiger charge is 2.40. The monoisotopic (exact) mass is 225 g/mol. The number of aliphatic hydroxyl groups is 1. The fraction of sp³-hybridized carbons (Fsp3) is 1.00. The second kappa shape index (κ2) is 4.66. The number of hydrogen-bond acceptors (Lipinski definition) is 2. The number of aliphatic hydroxyl groups excluding tert-OH is 1. The van der Waals surface area contributed by atoms with Gasteiger partial charge in [0.25, 0.3) is 0 Å². The third-order valence-corrected chi connectivity index (χ3v) is 4.65. The molecule has 1 aliphatic carbocycles. The predicted octanol–water partition coefficient (Wildman–Crippen LogP) is 2.66. The van der Waals surface area contributed by atoms with E-state index in [0.29, 0.717) is 11.5 Å². The highest BCUT2D eigenvalue weighted by molar-refractivity contribution is 4.93. The topological polar surface area (TPSA) is 23.5 Å². The summed E-state index contributed by atoms with van der Waals surface area (Å²) in [5, 5.41) is 9.88. The van der Waals surface area contributed by atoms with E-state index in [0.717, 1.165) is 18.8 Å². The molecule has 1 aliphatic heterocycles. The molecular formula is C14H27NO. The first-order valence-electron chi connectivity index (χ1n) is 6.91. The van der Waals surface area contributed by atoms with Crippen LogP contribution in [0.2, 0.25) is 0 Å². The van der Waals surface area contributed by atoms with Gasteiger partial charge in [-0.1, -0.05) is 20.8 Å². The molecule has 16 heavy (non-hydrogen) atoms. The average molecular weight is 225 g/mol. The molecule has 1 heterocycles. The van der Waals surface area contributed by atoms with E-state index in [1.165, 1.54) is 32.4 Å². The van der Waals surface area contributed by atoms with Crippen LogP contribution in [0, 0.1) is 11.3 Å². The van der Waals surface area contributed by atoms with Crippen molar-refractivity contribution in [1.82, 2.24) is 4.90 Å². The largest absolute Gasteiger partial charge is 0.393 e. The normalized spacial score (nSPS) is 40.9. The molecule has 0 bridgehead atoms. The van der Waals surface area contributed by atoms with E-state index in [1.54, 1.807) is 0 Å². The molecule has 0 spiro atoms. The van der Waals surface area contributed by atoms with E-state index in [2.05, 4.69) is 25.7 Å². The summed E-state index contributed by atoms with van der Waals surface area (Å²) in [7, 11) is 0. The number of likely N-dealkylation sites (tertiary alicyclic amines) is 1. The zero-order valence-corrected chi connectivity index (χ0v) is 11.1. The molecule has 0 radical (unpaired) electrons. The van der Waals surface area contributed by atoms with Crippen LogP contribution in [-0.2, 0) is 0 Å². The Morgan fingerprint density at radius 1 is 1.25 bits per heavy atom. The van der Waals surface area contributed by atoms with E-state index < -0.39 is 0 Å². The van der Waals surface area contributed by atoms with E-state index in [-0.39, 0.29) is 6.10 Å². The molecule has 0 amide bonds. The summed E-state index contributed by atoms with van der Waals surface area (Å²) in [5.41, 5.74) is 0.385. The van der Waals surface area contributed by atoms with Gasteiger partial charge in [-0.25, -0.2) is 0 Å². The van der Waals surface area contributed by atoms with Crippen molar-refractivity contribution in [2.45, 2.75) is 65.0 Å². The Hall–Kier alpha value is -0.0800. The van der Waals surface area contributed by atoms with Crippen molar-refractivity contribution in [1.29, 1.82) is 0 Å². The molecule has 1 N–H and O–H groups in total. The first-order chi connectivity index (χ1) is 7.49. The summed E-state index contributed by atoms with van der Waals surface area (Å²) in [6.45, 7) is 9.59. The molecule has 2 nitrogen and oxygen atoms in total. The Labute approximate surface area is 100 Å². The molecule has 1 saturated carbocycles. The first-order valence-corrected chi connectivity index (χ1v) is 6.91. The highest BCUT2D eigenvalue weighted by Crippen LogP contribution is 2.40. The summed E-state index contributed by atoms with van der Waals surface area (Å²) in [6, 6.07) is 0.596. The van der Waals surface area contributed by atoms with Gasteiger partial charge in [-0.2, -0.15) is 0 Å². The first kappa shape index (κ1) is 12.4. The van der Waals surface area contributed by atoms with Gasteiger partial charge in [-0.15, -0.1) is 0 Å². The van der Waals surface area contributed by atoms with Gasteiger partial charge in [0.15, 0.2) is 0 Å². The number of rotatable bonds is 1. The van der Waals surface area contributed by atoms with Crippen molar-refractivity contribution in [3.8, 4) is 0 Å². The molecule has 94 valence electrons. The van der Waals surface area contributed by atoms with Crippen LogP contribution >= 0.6 is 0 Å². The SMILES string of the molecule is CC1CCCN(C2CC(O)CCC2(C)C)C1. The van der Waals surface area contributed by atoms with Gasteiger partial charge in [-0.3, -0.25) is 4.90 Å². The predicted molar refractivity (Wildman–Crippen MR) is 67.4 cm³/mol. The van der Waals surface area contributed by atoms with Gasteiger partial charge in [0, 0.05) is 12.6 Å². The van der Waals surface area contributed by atoms with Crippen molar-refractivity contribution in [3.63, 3.8) is 0 Å². The van der Waals surface area contributed by atoms with E-state index in [9.17, 15) is 5.11 Å². The average Bonchev–Trinajstić information content (AvgIpc) is 2.22. The van der Waals surface area contributed by atoms with Gasteiger partial charge >= 0.3 is 0 Å². The molecular weight excluding hydrogens is 198 g/mol. The maximum atomic E-state index is 9.88. The van der Waals surface area contributed by atoms with Gasteiger partial charge < -0.3 is 5.11 Å². The van der Waals surface area contributed by atoms with Crippen molar-refractivity contribution >= 4 is 0 Å². The van der Waals surface area contributed by atoms with Gasteiger partial charge in [0.1, 0.15) is 0 Å². The lowest BCUT2D eigenvalue weighted by Gasteiger charge is -2.49. The minimum Gasteiger partial charge on any atom is -0.393 e. The maximum absolute atomic E-state index is 9.88. The van der Waals surface area contributed by atoms with Crippen LogP contribution in [-0.4, -0.2) is 35.2 Å². The van der Waals surface area contributed by atoms with E-state index >= 15 is 0 Å². The van der Waals surface area contributed by atoms with Crippen LogP contribution in [0.4, 0.5) is 0 Å². The standard InChI is InChI=1S/C14H27NO/c1-11-5-4-8-15(10-11)13-9-12(16)6-7-14(13,2)3/h11-13,16H,4-10H2,1-3H3. The lowest BCUT2D eigenvalue weighted by atomic mass is 9.71. The Kier molecular flexibility index (Phi) is 3.60. The van der Waals surface area contributed by atoms with Crippen LogP contribution in [0.3, 0.4) is 0 Å². The summed E-state index contributed by atoms with van der Waals surface area (Å²) >= 11 is 0. The highest BCUT2D eigenvalue weighted by atomic mass is 16.3. The molecule has 0 aromatic rings. The Morgan fingerprint density at radius 2 is 2.00 bits per heavy atom. The Bertz CT molecular complexity index is 239. The van der Waals surface area contributed by atoms with E-state index in [1.807, 2.05) is 0 Å². The fourth-order valence-electron chi connectivity index (χ4n) is 3.55. The smallest absolute Gasteiger partial charge is 0.0555 e. The zero-order chi connectivity index (χ0) is 11.8. The third kappa shape index (κ3) is 2.60. The maximum Gasteiger partial charge on any atom is 0.0555 e. The molecule has 2 rings (SSSR count). The van der Waals surface area contributed by atoms with Crippen molar-refractivity contribution in [3.05, 3.63) is 0 Å². The van der Waals surface area contributed by atoms with Crippen molar-refractivity contribution in [2.24, 2.45) is 11.3 Å². The third-order valence-electron chi connectivity index (χ3n) is 4.65. The molecule has 3 unspecified atom stereocenters. The van der Waals surface area contributed by atoms with Crippen LogP contribution in [0.15, 0.2) is 0 Å². The Morgan fingerprint density at radius 3 is 2.69 bits per heavy atom. The molecule has 3 atom stereocenters. The second-order valence-corrected chi connectivity index (χ2v) is 6.67. The quantitative estimate of drug-likeness (QED) is 0.741. The van der Waals surface area contributed by atoms with Gasteiger partial charge in [0.2, 0.25) is 0 Å². The van der Waals surface area contributed by atoms with Crippen molar-refractivity contribution < 1.29 is 5.11 Å². The molecule has 0 aromatic heterocycles. The lowest BCUT2D eigenvalue weighted by Crippen LogP contribution is -2.52. The van der Waals surface area contributed by atoms with Crippen LogP contribution < -0.4 is 0 Å². The summed E-state index contributed by atoms with van der Waals surface area (Å²) in [6.07, 6.45) is 5.81. The Balaban J connectivity index is 2.04. The minimum atomic E-state index is -0.0599.